The molecule has 0 aromatic carbocycles. The number of nitrogens with zero attached hydrogens (tertiary/aromatic N) is 1. The second-order valence-corrected chi connectivity index (χ2v) is 4.30. The molecule has 0 radical (unpaired) electrons. The summed E-state index contributed by atoms with van der Waals surface area (Å²) in [5.74, 6) is 0. The van der Waals surface area contributed by atoms with Crippen molar-refractivity contribution < 1.29 is 0 Å². The second kappa shape index (κ2) is 3.70. The molecule has 76 valence electrons. The standard InChI is InChI=1S/C12H18N2/c1-2-10-7-11(9-14-8-10)12(13)5-3-4-6-12/h7-9H,2-6,13H2,1H3. The quantitative estimate of drug-likeness (QED) is 0.777. The van der Waals surface area contributed by atoms with E-state index in [0.717, 1.165) is 19.3 Å². The van der Waals surface area contributed by atoms with Crippen molar-refractivity contribution in [3.8, 4) is 0 Å². The maximum absolute atomic E-state index is 6.36. The van der Waals surface area contributed by atoms with Gasteiger partial charge in [0.1, 0.15) is 0 Å². The topological polar surface area (TPSA) is 38.9 Å². The van der Waals surface area contributed by atoms with E-state index in [4.69, 9.17) is 5.73 Å². The van der Waals surface area contributed by atoms with Crippen molar-refractivity contribution >= 4 is 0 Å². The van der Waals surface area contributed by atoms with Gasteiger partial charge in [-0.15, -0.1) is 0 Å². The Kier molecular flexibility index (Phi) is 2.55. The van der Waals surface area contributed by atoms with Crippen LogP contribution in [0.25, 0.3) is 0 Å². The smallest absolute Gasteiger partial charge is 0.0425 e. The van der Waals surface area contributed by atoms with Crippen LogP contribution >= 0.6 is 0 Å². The molecule has 2 nitrogen and oxygen atoms in total. The molecule has 1 saturated carbocycles. The molecule has 2 N–H and O–H groups in total. The van der Waals surface area contributed by atoms with E-state index in [9.17, 15) is 0 Å². The summed E-state index contributed by atoms with van der Waals surface area (Å²) in [5, 5.41) is 0. The van der Waals surface area contributed by atoms with Gasteiger partial charge >= 0.3 is 0 Å². The molecule has 1 fully saturated rings. The maximum atomic E-state index is 6.36. The zero-order chi connectivity index (χ0) is 10.0. The Morgan fingerprint density at radius 2 is 2.07 bits per heavy atom. The molecular weight excluding hydrogens is 172 g/mol. The van der Waals surface area contributed by atoms with Crippen molar-refractivity contribution in [2.24, 2.45) is 5.73 Å². The van der Waals surface area contributed by atoms with Gasteiger partial charge in [0.05, 0.1) is 0 Å². The summed E-state index contributed by atoms with van der Waals surface area (Å²) in [4.78, 5) is 4.27. The molecule has 2 rings (SSSR count). The van der Waals surface area contributed by atoms with Crippen LogP contribution in [0.3, 0.4) is 0 Å². The molecule has 14 heavy (non-hydrogen) atoms. The molecule has 0 aliphatic heterocycles. The van der Waals surface area contributed by atoms with Crippen LogP contribution in [0.1, 0.15) is 43.7 Å². The van der Waals surface area contributed by atoms with Gasteiger partial charge in [-0.1, -0.05) is 25.8 Å². The summed E-state index contributed by atoms with van der Waals surface area (Å²) in [6, 6.07) is 2.22. The predicted molar refractivity (Wildman–Crippen MR) is 57.9 cm³/mol. The van der Waals surface area contributed by atoms with Gasteiger partial charge in [0.15, 0.2) is 0 Å². The fraction of sp³-hybridized carbons (Fsp3) is 0.583. The van der Waals surface area contributed by atoms with Gasteiger partial charge in [0.25, 0.3) is 0 Å². The monoisotopic (exact) mass is 190 g/mol. The lowest BCUT2D eigenvalue weighted by atomic mass is 9.90. The van der Waals surface area contributed by atoms with Gasteiger partial charge in [0.2, 0.25) is 0 Å². The highest BCUT2D eigenvalue weighted by Gasteiger charge is 2.31. The van der Waals surface area contributed by atoms with Crippen LogP contribution in [-0.4, -0.2) is 4.98 Å². The highest BCUT2D eigenvalue weighted by atomic mass is 14.8. The summed E-state index contributed by atoms with van der Waals surface area (Å²) in [6.07, 6.45) is 9.65. The highest BCUT2D eigenvalue weighted by Crippen LogP contribution is 2.36. The number of rotatable bonds is 2. The first-order valence-electron chi connectivity index (χ1n) is 5.48. The zero-order valence-electron chi connectivity index (χ0n) is 8.79. The van der Waals surface area contributed by atoms with Crippen molar-refractivity contribution in [3.05, 3.63) is 29.6 Å². The third-order valence-electron chi connectivity index (χ3n) is 3.27. The Bertz CT molecular complexity index is 314. The molecule has 2 heteroatoms. The molecule has 1 aliphatic rings. The summed E-state index contributed by atoms with van der Waals surface area (Å²) in [6.45, 7) is 2.15. The molecule has 0 bridgehead atoms. The minimum Gasteiger partial charge on any atom is -0.321 e. The van der Waals surface area contributed by atoms with E-state index in [1.165, 1.54) is 24.0 Å². The molecule has 1 aromatic heterocycles. The minimum absolute atomic E-state index is 0.0851. The highest BCUT2D eigenvalue weighted by molar-refractivity contribution is 5.26. The first-order chi connectivity index (χ1) is 6.74. The zero-order valence-corrected chi connectivity index (χ0v) is 8.79. The molecule has 0 unspecified atom stereocenters. The third-order valence-corrected chi connectivity index (χ3v) is 3.27. The van der Waals surface area contributed by atoms with E-state index < -0.39 is 0 Å². The second-order valence-electron chi connectivity index (χ2n) is 4.30. The lowest BCUT2D eigenvalue weighted by Gasteiger charge is -2.24. The van der Waals surface area contributed by atoms with Crippen LogP contribution in [-0.2, 0) is 12.0 Å². The largest absolute Gasteiger partial charge is 0.321 e. The van der Waals surface area contributed by atoms with Gasteiger partial charge in [-0.05, 0) is 30.4 Å². The molecule has 0 amide bonds. The number of nitrogens with two attached hydrogens (primary N) is 1. The molecule has 1 aliphatic carbocycles. The van der Waals surface area contributed by atoms with Crippen LogP contribution in [0.4, 0.5) is 0 Å². The van der Waals surface area contributed by atoms with E-state index in [0.29, 0.717) is 0 Å². The van der Waals surface area contributed by atoms with Crippen LogP contribution < -0.4 is 5.73 Å². The minimum atomic E-state index is -0.0851. The number of pyridine rings is 1. The first-order valence-corrected chi connectivity index (χ1v) is 5.48. The average molecular weight is 190 g/mol. The molecule has 0 saturated heterocycles. The van der Waals surface area contributed by atoms with Crippen molar-refractivity contribution in [2.75, 3.05) is 0 Å². The van der Waals surface area contributed by atoms with Crippen molar-refractivity contribution in [3.63, 3.8) is 0 Å². The average Bonchev–Trinajstić information content (AvgIpc) is 2.67. The van der Waals surface area contributed by atoms with Crippen molar-refractivity contribution in [1.82, 2.24) is 4.98 Å². The summed E-state index contributed by atoms with van der Waals surface area (Å²) < 4.78 is 0. The molecule has 1 heterocycles. The Morgan fingerprint density at radius 3 is 2.71 bits per heavy atom. The summed E-state index contributed by atoms with van der Waals surface area (Å²) in [5.41, 5.74) is 8.80. The van der Waals surface area contributed by atoms with Crippen molar-refractivity contribution in [2.45, 2.75) is 44.6 Å². The lowest BCUT2D eigenvalue weighted by molar-refractivity contribution is 0.459. The van der Waals surface area contributed by atoms with Crippen LogP contribution in [0.2, 0.25) is 0 Å². The van der Waals surface area contributed by atoms with Gasteiger partial charge < -0.3 is 5.73 Å². The number of aryl methyl sites for hydroxylation is 1. The van der Waals surface area contributed by atoms with Crippen LogP contribution in [0, 0.1) is 0 Å². The van der Waals surface area contributed by atoms with Gasteiger partial charge in [-0.3, -0.25) is 4.98 Å². The molecular formula is C12H18N2. The molecule has 0 atom stereocenters. The summed E-state index contributed by atoms with van der Waals surface area (Å²) in [7, 11) is 0. The van der Waals surface area contributed by atoms with Crippen LogP contribution in [0.15, 0.2) is 18.5 Å². The number of hydrogen-bond acceptors (Lipinski definition) is 2. The van der Waals surface area contributed by atoms with Gasteiger partial charge in [-0.25, -0.2) is 0 Å². The molecule has 0 spiro atoms. The van der Waals surface area contributed by atoms with E-state index in [-0.39, 0.29) is 5.54 Å². The third kappa shape index (κ3) is 1.67. The lowest BCUT2D eigenvalue weighted by Crippen LogP contribution is -2.33. The Morgan fingerprint density at radius 1 is 1.36 bits per heavy atom. The fourth-order valence-electron chi connectivity index (χ4n) is 2.25. The Labute approximate surface area is 85.5 Å². The normalized spacial score (nSPS) is 19.9. The summed E-state index contributed by atoms with van der Waals surface area (Å²) >= 11 is 0. The van der Waals surface area contributed by atoms with E-state index in [1.54, 1.807) is 0 Å². The molecule has 1 aromatic rings. The first kappa shape index (κ1) is 9.66. The number of hydrogen-bond donors (Lipinski definition) is 1. The van der Waals surface area contributed by atoms with Crippen molar-refractivity contribution in [1.29, 1.82) is 0 Å². The maximum Gasteiger partial charge on any atom is 0.0425 e. The van der Waals surface area contributed by atoms with E-state index in [1.807, 2.05) is 12.4 Å². The van der Waals surface area contributed by atoms with E-state index in [2.05, 4.69) is 18.0 Å². The van der Waals surface area contributed by atoms with Crippen LogP contribution in [0.5, 0.6) is 0 Å². The van der Waals surface area contributed by atoms with Gasteiger partial charge in [0, 0.05) is 17.9 Å². The van der Waals surface area contributed by atoms with Gasteiger partial charge in [-0.2, -0.15) is 0 Å². The SMILES string of the molecule is CCc1cncc(C2(N)CCCC2)c1. The predicted octanol–water partition coefficient (Wildman–Crippen LogP) is 2.37. The number of aromatic nitrogens is 1. The van der Waals surface area contributed by atoms with E-state index >= 15 is 0 Å². The Balaban J connectivity index is 2.30. The Hall–Kier alpha value is -0.890. The fourth-order valence-corrected chi connectivity index (χ4v) is 2.25.